The van der Waals surface area contributed by atoms with Crippen molar-refractivity contribution < 1.29 is 32.2 Å². The van der Waals surface area contributed by atoms with Gasteiger partial charge in [0.15, 0.2) is 21.5 Å². The van der Waals surface area contributed by atoms with E-state index in [0.29, 0.717) is 18.5 Å². The Morgan fingerprint density at radius 3 is 2.39 bits per heavy atom. The maximum atomic E-state index is 13.7. The number of pyridine rings is 1. The average molecular weight is 563 g/mol. The van der Waals surface area contributed by atoms with E-state index in [1.807, 2.05) is 0 Å². The second-order valence-electron chi connectivity index (χ2n) is 9.88. The van der Waals surface area contributed by atoms with Crippen LogP contribution in [0.5, 0.6) is 0 Å². The number of hydrogen-bond acceptors (Lipinski definition) is 6. The lowest BCUT2D eigenvalue weighted by Crippen LogP contribution is -2.52. The fourth-order valence-corrected chi connectivity index (χ4v) is 8.24. The van der Waals surface area contributed by atoms with Crippen LogP contribution in [-0.2, 0) is 9.84 Å². The van der Waals surface area contributed by atoms with Crippen molar-refractivity contribution in [1.29, 1.82) is 0 Å². The van der Waals surface area contributed by atoms with Crippen LogP contribution >= 0.6 is 11.6 Å². The highest BCUT2D eigenvalue weighted by molar-refractivity contribution is 7.92. The molecule has 5 rings (SSSR count). The molecule has 5 atom stereocenters. The summed E-state index contributed by atoms with van der Waals surface area (Å²) in [6.45, 7) is 0. The van der Waals surface area contributed by atoms with Gasteiger partial charge in [0.25, 0.3) is 5.91 Å². The van der Waals surface area contributed by atoms with Gasteiger partial charge in [-0.2, -0.15) is 0 Å². The van der Waals surface area contributed by atoms with Crippen LogP contribution in [0.4, 0.5) is 14.5 Å². The third kappa shape index (κ3) is 4.59. The van der Waals surface area contributed by atoms with Crippen molar-refractivity contribution in [3.63, 3.8) is 0 Å². The standard InChI is InChI=1S/C27H25ClF2N2O5S/c28-20-8-4-15(26(34)32-18-7-9-21(29)22(30)14-18)11-24(20)38(36,37)19-12-16-5-6-17(13-19)27(16,35)25(33)23-3-1-2-10-31-23/h1-4,7-11,14,16-17,19,25,33,35H,5-6,12-13H2,(H,32,34)/t16-,17+,19?,25-,27?/m0/s1. The third-order valence-corrected chi connectivity index (χ3v) is 10.4. The molecular weight excluding hydrogens is 538 g/mol. The van der Waals surface area contributed by atoms with E-state index >= 15 is 0 Å². The highest BCUT2D eigenvalue weighted by Gasteiger charge is 2.59. The number of hydrogen-bond donors (Lipinski definition) is 3. The molecule has 3 N–H and O–H groups in total. The predicted octanol–water partition coefficient (Wildman–Crippen LogP) is 4.69. The van der Waals surface area contributed by atoms with Gasteiger partial charge in [-0.1, -0.05) is 17.7 Å². The first-order chi connectivity index (χ1) is 18.0. The minimum Gasteiger partial charge on any atom is -0.386 e. The molecule has 2 aliphatic rings. The molecule has 38 heavy (non-hydrogen) atoms. The molecule has 1 amide bonds. The Morgan fingerprint density at radius 2 is 1.76 bits per heavy atom. The van der Waals surface area contributed by atoms with Crippen molar-refractivity contribution in [2.75, 3.05) is 5.32 Å². The summed E-state index contributed by atoms with van der Waals surface area (Å²) in [7, 11) is -4.03. The number of fused-ring (bicyclic) bond motifs is 2. The van der Waals surface area contributed by atoms with Crippen LogP contribution in [0.2, 0.25) is 5.02 Å². The number of sulfone groups is 1. The molecule has 2 saturated carbocycles. The second kappa shape index (κ2) is 10.00. The second-order valence-corrected chi connectivity index (χ2v) is 12.5. The maximum Gasteiger partial charge on any atom is 0.255 e. The zero-order valence-corrected chi connectivity index (χ0v) is 21.6. The number of carbonyl (C=O) groups is 1. The van der Waals surface area contributed by atoms with Gasteiger partial charge in [0.2, 0.25) is 0 Å². The quantitative estimate of drug-likeness (QED) is 0.401. The molecule has 11 heteroatoms. The molecule has 1 heterocycles. The molecule has 0 radical (unpaired) electrons. The van der Waals surface area contributed by atoms with E-state index in [1.54, 1.807) is 18.2 Å². The number of aliphatic hydroxyl groups excluding tert-OH is 1. The largest absolute Gasteiger partial charge is 0.386 e. The molecule has 200 valence electrons. The van der Waals surface area contributed by atoms with Crippen molar-refractivity contribution >= 4 is 33.0 Å². The van der Waals surface area contributed by atoms with Gasteiger partial charge in [0.1, 0.15) is 11.7 Å². The topological polar surface area (TPSA) is 117 Å². The Bertz CT molecular complexity index is 1470. The first kappa shape index (κ1) is 26.7. The zero-order valence-electron chi connectivity index (χ0n) is 20.0. The minimum atomic E-state index is -4.03. The fraction of sp³-hybridized carbons (Fsp3) is 0.333. The molecule has 2 aromatic carbocycles. The number of aliphatic hydroxyl groups is 2. The van der Waals surface area contributed by atoms with E-state index in [-0.39, 0.29) is 34.0 Å². The van der Waals surface area contributed by atoms with E-state index in [2.05, 4.69) is 10.3 Å². The lowest BCUT2D eigenvalue weighted by molar-refractivity contribution is -0.145. The summed E-state index contributed by atoms with van der Waals surface area (Å²) < 4.78 is 54.2. The molecule has 2 fully saturated rings. The third-order valence-electron chi connectivity index (χ3n) is 7.79. The number of aromatic nitrogens is 1. The normalized spacial score (nSPS) is 25.7. The van der Waals surface area contributed by atoms with Gasteiger partial charge < -0.3 is 15.5 Å². The lowest BCUT2D eigenvalue weighted by atomic mass is 9.70. The first-order valence-electron chi connectivity index (χ1n) is 12.1. The van der Waals surface area contributed by atoms with Crippen molar-refractivity contribution in [3.8, 4) is 0 Å². The number of carbonyl (C=O) groups excluding carboxylic acids is 1. The van der Waals surface area contributed by atoms with E-state index in [0.717, 1.165) is 12.1 Å². The van der Waals surface area contributed by atoms with E-state index < -0.39 is 56.2 Å². The maximum absolute atomic E-state index is 13.7. The fourth-order valence-electron chi connectivity index (χ4n) is 5.84. The van der Waals surface area contributed by atoms with Crippen molar-refractivity contribution in [2.24, 2.45) is 11.8 Å². The Balaban J connectivity index is 1.39. The van der Waals surface area contributed by atoms with Crippen molar-refractivity contribution in [2.45, 2.75) is 47.5 Å². The summed E-state index contributed by atoms with van der Waals surface area (Å²) in [6, 6.07) is 11.7. The Hall–Kier alpha value is -2.92. The Morgan fingerprint density at radius 1 is 1.05 bits per heavy atom. The Kier molecular flexibility index (Phi) is 7.02. The summed E-state index contributed by atoms with van der Waals surface area (Å²) in [5, 5.41) is 24.1. The lowest BCUT2D eigenvalue weighted by Gasteiger charge is -2.45. The van der Waals surface area contributed by atoms with Gasteiger partial charge in [-0.25, -0.2) is 17.2 Å². The number of anilines is 1. The summed E-state index contributed by atoms with van der Waals surface area (Å²) in [5.74, 6) is -3.87. The van der Waals surface area contributed by atoms with E-state index in [4.69, 9.17) is 11.6 Å². The zero-order chi connectivity index (χ0) is 27.2. The summed E-state index contributed by atoms with van der Waals surface area (Å²) >= 11 is 6.28. The number of nitrogens with one attached hydrogen (secondary N) is 1. The molecule has 2 bridgehead atoms. The van der Waals surface area contributed by atoms with Crippen LogP contribution in [0.25, 0.3) is 0 Å². The van der Waals surface area contributed by atoms with Crippen LogP contribution in [-0.4, -0.2) is 40.4 Å². The molecule has 1 aromatic heterocycles. The van der Waals surface area contributed by atoms with E-state index in [9.17, 15) is 32.2 Å². The van der Waals surface area contributed by atoms with Gasteiger partial charge >= 0.3 is 0 Å². The van der Waals surface area contributed by atoms with Crippen molar-refractivity contribution in [1.82, 2.24) is 4.98 Å². The smallest absolute Gasteiger partial charge is 0.255 e. The molecule has 7 nitrogen and oxygen atoms in total. The van der Waals surface area contributed by atoms with Gasteiger partial charge in [-0.15, -0.1) is 0 Å². The highest BCUT2D eigenvalue weighted by atomic mass is 35.5. The summed E-state index contributed by atoms with van der Waals surface area (Å²) in [5.41, 5.74) is -1.20. The number of amides is 1. The number of rotatable bonds is 6. The summed E-state index contributed by atoms with van der Waals surface area (Å²) in [6.07, 6.45) is 1.61. The monoisotopic (exact) mass is 562 g/mol. The average Bonchev–Trinajstić information content (AvgIpc) is 3.06. The molecule has 0 spiro atoms. The van der Waals surface area contributed by atoms with Crippen LogP contribution in [0.1, 0.15) is 47.8 Å². The SMILES string of the molecule is O=C(Nc1ccc(F)c(F)c1)c1ccc(Cl)c(S(=O)(=O)C2C[C@H]3CC[C@@H](C2)C3(O)[C@@H](O)c2ccccn2)c1. The van der Waals surface area contributed by atoms with Gasteiger partial charge in [-0.3, -0.25) is 9.78 Å². The number of benzene rings is 2. The first-order valence-corrected chi connectivity index (χ1v) is 14.1. The molecule has 2 aliphatic carbocycles. The predicted molar refractivity (Wildman–Crippen MR) is 136 cm³/mol. The van der Waals surface area contributed by atoms with Crippen LogP contribution < -0.4 is 5.32 Å². The van der Waals surface area contributed by atoms with Gasteiger partial charge in [0.05, 0.1) is 20.9 Å². The molecule has 2 unspecified atom stereocenters. The molecule has 0 aliphatic heterocycles. The number of halogens is 3. The molecular formula is C27H25ClF2N2O5S. The summed E-state index contributed by atoms with van der Waals surface area (Å²) in [4.78, 5) is 16.7. The highest BCUT2D eigenvalue weighted by Crippen LogP contribution is 2.56. The van der Waals surface area contributed by atoms with Crippen LogP contribution in [0.15, 0.2) is 65.7 Å². The Labute approximate surface area is 223 Å². The van der Waals surface area contributed by atoms with Crippen molar-refractivity contribution in [3.05, 3.63) is 88.7 Å². The molecule has 0 saturated heterocycles. The number of nitrogens with zero attached hydrogens (tertiary/aromatic N) is 1. The van der Waals surface area contributed by atoms with Crippen LogP contribution in [0, 0.1) is 23.5 Å². The van der Waals surface area contributed by atoms with Gasteiger partial charge in [0, 0.05) is 23.5 Å². The van der Waals surface area contributed by atoms with Gasteiger partial charge in [-0.05, 0) is 80.0 Å². The molecule has 3 aromatic rings. The van der Waals surface area contributed by atoms with Crippen LogP contribution in [0.3, 0.4) is 0 Å². The minimum absolute atomic E-state index is 0.00265. The van der Waals surface area contributed by atoms with E-state index in [1.165, 1.54) is 30.5 Å².